The lowest BCUT2D eigenvalue weighted by atomic mass is 10.2. The number of nitrogens with one attached hydrogen (secondary N) is 1. The molecule has 0 unspecified atom stereocenters. The molecule has 0 aliphatic carbocycles. The van der Waals surface area contributed by atoms with Crippen molar-refractivity contribution in [2.45, 2.75) is 6.10 Å². The van der Waals surface area contributed by atoms with Crippen molar-refractivity contribution < 1.29 is 10.2 Å². The van der Waals surface area contributed by atoms with E-state index < -0.39 is 0 Å². The summed E-state index contributed by atoms with van der Waals surface area (Å²) in [6.07, 6.45) is -0.166. The maximum absolute atomic E-state index is 9.20. The number of phenols is 1. The number of β-amino-alcohol motifs (C(OH)–C–C–N with tert-alkyl or cyclic N) is 1. The molecular formula is C10H14N2O2. The minimum atomic E-state index is -0.166. The standard InChI is InChI=1S/C10H14N2O2/c13-9-3-1-2-8(4-9)11-7-12-5-10(14)6-12/h1-4,10-11,13-14H,5-7H2. The lowest BCUT2D eigenvalue weighted by molar-refractivity contribution is 0.00712. The SMILES string of the molecule is Oc1cccc(NCN2CC(O)C2)c1. The number of aliphatic hydroxyl groups is 1. The molecule has 0 amide bonds. The molecule has 1 aliphatic rings. The molecule has 0 spiro atoms. The number of phenolic OH excluding ortho intramolecular Hbond substituents is 1. The zero-order chi connectivity index (χ0) is 9.97. The first kappa shape index (κ1) is 9.30. The average molecular weight is 194 g/mol. The van der Waals surface area contributed by atoms with E-state index in [-0.39, 0.29) is 11.9 Å². The number of benzene rings is 1. The van der Waals surface area contributed by atoms with E-state index in [1.807, 2.05) is 6.07 Å². The highest BCUT2D eigenvalue weighted by Crippen LogP contribution is 2.16. The minimum Gasteiger partial charge on any atom is -0.508 e. The normalized spacial score (nSPS) is 17.8. The largest absolute Gasteiger partial charge is 0.508 e. The second-order valence-corrected chi connectivity index (χ2v) is 3.58. The van der Waals surface area contributed by atoms with Gasteiger partial charge in [-0.1, -0.05) is 6.07 Å². The van der Waals surface area contributed by atoms with Crippen molar-refractivity contribution in [3.8, 4) is 5.75 Å². The van der Waals surface area contributed by atoms with Crippen LogP contribution in [0.25, 0.3) is 0 Å². The van der Waals surface area contributed by atoms with Gasteiger partial charge in [0.2, 0.25) is 0 Å². The van der Waals surface area contributed by atoms with Gasteiger partial charge in [-0.05, 0) is 12.1 Å². The molecule has 0 radical (unpaired) electrons. The molecule has 4 heteroatoms. The maximum atomic E-state index is 9.20. The summed E-state index contributed by atoms with van der Waals surface area (Å²) >= 11 is 0. The van der Waals surface area contributed by atoms with Crippen molar-refractivity contribution in [3.63, 3.8) is 0 Å². The third-order valence-electron chi connectivity index (χ3n) is 2.29. The van der Waals surface area contributed by atoms with Crippen LogP contribution in [-0.2, 0) is 0 Å². The summed E-state index contributed by atoms with van der Waals surface area (Å²) in [6.45, 7) is 2.16. The van der Waals surface area contributed by atoms with E-state index in [4.69, 9.17) is 5.11 Å². The molecule has 0 bridgehead atoms. The van der Waals surface area contributed by atoms with Crippen molar-refractivity contribution in [3.05, 3.63) is 24.3 Å². The highest BCUT2D eigenvalue weighted by molar-refractivity contribution is 5.47. The van der Waals surface area contributed by atoms with Crippen LogP contribution in [0.3, 0.4) is 0 Å². The van der Waals surface area contributed by atoms with E-state index >= 15 is 0 Å². The zero-order valence-electron chi connectivity index (χ0n) is 7.85. The molecule has 1 aromatic rings. The van der Waals surface area contributed by atoms with Gasteiger partial charge in [-0.15, -0.1) is 0 Å². The van der Waals surface area contributed by atoms with Crippen LogP contribution in [0, 0.1) is 0 Å². The van der Waals surface area contributed by atoms with Crippen molar-refractivity contribution in [1.29, 1.82) is 0 Å². The second-order valence-electron chi connectivity index (χ2n) is 3.58. The molecule has 1 heterocycles. The van der Waals surface area contributed by atoms with Gasteiger partial charge in [-0.3, -0.25) is 4.90 Å². The van der Waals surface area contributed by atoms with E-state index in [1.165, 1.54) is 0 Å². The topological polar surface area (TPSA) is 55.7 Å². The third kappa shape index (κ3) is 2.16. The predicted molar refractivity (Wildman–Crippen MR) is 54.2 cm³/mol. The third-order valence-corrected chi connectivity index (χ3v) is 2.29. The summed E-state index contributed by atoms with van der Waals surface area (Å²) in [7, 11) is 0. The summed E-state index contributed by atoms with van der Waals surface area (Å²) in [4.78, 5) is 2.09. The molecule has 4 nitrogen and oxygen atoms in total. The van der Waals surface area contributed by atoms with Crippen LogP contribution in [0.15, 0.2) is 24.3 Å². The van der Waals surface area contributed by atoms with Crippen molar-refractivity contribution in [2.24, 2.45) is 0 Å². The molecule has 1 aliphatic heterocycles. The minimum absolute atomic E-state index is 0.166. The van der Waals surface area contributed by atoms with Gasteiger partial charge in [0.05, 0.1) is 12.8 Å². The molecule has 1 saturated heterocycles. The Morgan fingerprint density at radius 1 is 1.43 bits per heavy atom. The Kier molecular flexibility index (Phi) is 2.56. The average Bonchev–Trinajstić information content (AvgIpc) is 2.11. The van der Waals surface area contributed by atoms with Gasteiger partial charge >= 0.3 is 0 Å². The molecule has 2 rings (SSSR count). The summed E-state index contributed by atoms with van der Waals surface area (Å²) in [5, 5.41) is 21.4. The van der Waals surface area contributed by atoms with Crippen molar-refractivity contribution >= 4 is 5.69 Å². The smallest absolute Gasteiger partial charge is 0.117 e. The van der Waals surface area contributed by atoms with Crippen LogP contribution in [-0.4, -0.2) is 41.0 Å². The monoisotopic (exact) mass is 194 g/mol. The number of hydrogen-bond donors (Lipinski definition) is 3. The molecule has 1 aromatic carbocycles. The number of likely N-dealkylation sites (tertiary alicyclic amines) is 1. The number of rotatable bonds is 3. The van der Waals surface area contributed by atoms with E-state index in [9.17, 15) is 5.11 Å². The van der Waals surface area contributed by atoms with Crippen LogP contribution < -0.4 is 5.32 Å². The second kappa shape index (κ2) is 3.86. The molecule has 14 heavy (non-hydrogen) atoms. The number of anilines is 1. The Bertz CT molecular complexity index is 311. The zero-order valence-corrected chi connectivity index (χ0v) is 7.85. The Labute approximate surface area is 82.8 Å². The van der Waals surface area contributed by atoms with Gasteiger partial charge in [0.25, 0.3) is 0 Å². The Morgan fingerprint density at radius 3 is 2.86 bits per heavy atom. The number of aromatic hydroxyl groups is 1. The van der Waals surface area contributed by atoms with E-state index in [2.05, 4.69) is 10.2 Å². The molecule has 0 atom stereocenters. The maximum Gasteiger partial charge on any atom is 0.117 e. The first-order chi connectivity index (χ1) is 6.74. The van der Waals surface area contributed by atoms with Gasteiger partial charge in [-0.25, -0.2) is 0 Å². The fourth-order valence-electron chi connectivity index (χ4n) is 1.49. The number of nitrogens with zero attached hydrogens (tertiary/aromatic N) is 1. The highest BCUT2D eigenvalue weighted by Gasteiger charge is 2.23. The van der Waals surface area contributed by atoms with Crippen LogP contribution in [0.5, 0.6) is 5.75 Å². The van der Waals surface area contributed by atoms with E-state index in [1.54, 1.807) is 18.2 Å². The first-order valence-electron chi connectivity index (χ1n) is 4.67. The summed E-state index contributed by atoms with van der Waals surface area (Å²) in [5.74, 6) is 0.263. The summed E-state index contributed by atoms with van der Waals surface area (Å²) in [5.41, 5.74) is 0.895. The summed E-state index contributed by atoms with van der Waals surface area (Å²) < 4.78 is 0. The van der Waals surface area contributed by atoms with Crippen molar-refractivity contribution in [1.82, 2.24) is 4.90 Å². The molecule has 76 valence electrons. The van der Waals surface area contributed by atoms with E-state index in [0.29, 0.717) is 6.67 Å². The molecular weight excluding hydrogens is 180 g/mol. The van der Waals surface area contributed by atoms with E-state index in [0.717, 1.165) is 18.8 Å². The Balaban J connectivity index is 1.80. The lowest BCUT2D eigenvalue weighted by Gasteiger charge is -2.35. The predicted octanol–water partition coefficient (Wildman–Crippen LogP) is 0.438. The van der Waals surface area contributed by atoms with Crippen molar-refractivity contribution in [2.75, 3.05) is 25.1 Å². The number of aliphatic hydroxyl groups excluding tert-OH is 1. The summed E-state index contributed by atoms with van der Waals surface area (Å²) in [6, 6.07) is 7.01. The fourth-order valence-corrected chi connectivity index (χ4v) is 1.49. The highest BCUT2D eigenvalue weighted by atomic mass is 16.3. The molecule has 0 aromatic heterocycles. The van der Waals surface area contributed by atoms with Crippen LogP contribution in [0.1, 0.15) is 0 Å². The molecule has 1 fully saturated rings. The quantitative estimate of drug-likeness (QED) is 0.653. The van der Waals surface area contributed by atoms with Crippen LogP contribution in [0.4, 0.5) is 5.69 Å². The first-order valence-corrected chi connectivity index (χ1v) is 4.67. The Morgan fingerprint density at radius 2 is 2.21 bits per heavy atom. The van der Waals surface area contributed by atoms with Gasteiger partial charge < -0.3 is 15.5 Å². The van der Waals surface area contributed by atoms with Gasteiger partial charge in [0, 0.05) is 24.8 Å². The molecule has 3 N–H and O–H groups in total. The van der Waals surface area contributed by atoms with Gasteiger partial charge in [0.1, 0.15) is 5.75 Å². The Hall–Kier alpha value is -1.26. The van der Waals surface area contributed by atoms with Gasteiger partial charge in [-0.2, -0.15) is 0 Å². The van der Waals surface area contributed by atoms with Crippen LogP contribution in [0.2, 0.25) is 0 Å². The van der Waals surface area contributed by atoms with Crippen LogP contribution >= 0.6 is 0 Å². The number of hydrogen-bond acceptors (Lipinski definition) is 4. The van der Waals surface area contributed by atoms with Gasteiger partial charge in [0.15, 0.2) is 0 Å². The fraction of sp³-hybridized carbons (Fsp3) is 0.400. The lowest BCUT2D eigenvalue weighted by Crippen LogP contribution is -2.52. The molecule has 0 saturated carbocycles.